The Balaban J connectivity index is 1.35. The van der Waals surface area contributed by atoms with Gasteiger partial charge in [-0.1, -0.05) is 6.07 Å². The molecule has 0 bridgehead atoms. The van der Waals surface area contributed by atoms with E-state index in [1.165, 1.54) is 32.9 Å². The molecule has 180 valence electrons. The summed E-state index contributed by atoms with van der Waals surface area (Å²) >= 11 is 1.07. The number of piperazine rings is 1. The van der Waals surface area contributed by atoms with Gasteiger partial charge in [0.1, 0.15) is 10.0 Å². The van der Waals surface area contributed by atoms with Gasteiger partial charge in [0.05, 0.1) is 24.5 Å². The Morgan fingerprint density at radius 1 is 0.909 bits per heavy atom. The summed E-state index contributed by atoms with van der Waals surface area (Å²) in [7, 11) is -7.45. The normalized spacial score (nSPS) is 19.0. The fourth-order valence-electron chi connectivity index (χ4n) is 3.72. The molecular weight excluding hydrogens is 493 g/mol. The Kier molecular flexibility index (Phi) is 7.17. The van der Waals surface area contributed by atoms with Crippen molar-refractivity contribution in [3.8, 4) is 0 Å². The fourth-order valence-corrected chi connectivity index (χ4v) is 8.08. The number of ether oxygens (including phenoxy) is 1. The first-order valence-corrected chi connectivity index (χ1v) is 14.1. The number of hydrogen-bond donors (Lipinski definition) is 0. The second-order valence-electron chi connectivity index (χ2n) is 7.66. The van der Waals surface area contributed by atoms with E-state index in [-0.39, 0.29) is 47.6 Å². The number of halogens is 1. The van der Waals surface area contributed by atoms with Crippen LogP contribution in [0.25, 0.3) is 0 Å². The Labute approximate surface area is 196 Å². The molecule has 0 unspecified atom stereocenters. The maximum atomic E-state index is 13.4. The smallest absolute Gasteiger partial charge is 0.252 e. The summed E-state index contributed by atoms with van der Waals surface area (Å²) in [5, 5.41) is 0. The summed E-state index contributed by atoms with van der Waals surface area (Å²) in [5.41, 5.74) is 0. The number of rotatable bonds is 6. The third-order valence-electron chi connectivity index (χ3n) is 5.55. The number of amides is 1. The zero-order valence-electron chi connectivity index (χ0n) is 17.7. The van der Waals surface area contributed by atoms with Crippen LogP contribution in [0.1, 0.15) is 4.88 Å². The van der Waals surface area contributed by atoms with Crippen LogP contribution < -0.4 is 0 Å². The van der Waals surface area contributed by atoms with E-state index < -0.39 is 25.9 Å². The lowest BCUT2D eigenvalue weighted by molar-refractivity contribution is -0.131. The van der Waals surface area contributed by atoms with Crippen molar-refractivity contribution in [2.24, 2.45) is 0 Å². The van der Waals surface area contributed by atoms with Crippen molar-refractivity contribution in [3.05, 3.63) is 47.1 Å². The monoisotopic (exact) mass is 517 g/mol. The molecule has 2 aliphatic heterocycles. The van der Waals surface area contributed by atoms with Crippen molar-refractivity contribution in [1.82, 2.24) is 13.5 Å². The molecule has 0 N–H and O–H groups in total. The molecule has 13 heteroatoms. The number of nitrogens with zero attached hydrogens (tertiary/aromatic N) is 3. The molecule has 0 radical (unpaired) electrons. The molecule has 2 aliphatic rings. The van der Waals surface area contributed by atoms with Gasteiger partial charge in [-0.25, -0.2) is 21.2 Å². The minimum atomic E-state index is -3.84. The molecule has 0 spiro atoms. The van der Waals surface area contributed by atoms with Crippen LogP contribution in [0.4, 0.5) is 4.39 Å². The molecule has 1 aromatic carbocycles. The lowest BCUT2D eigenvalue weighted by atomic mass is 10.3. The molecule has 2 fully saturated rings. The maximum absolute atomic E-state index is 13.4. The lowest BCUT2D eigenvalue weighted by Crippen LogP contribution is -2.50. The highest BCUT2D eigenvalue weighted by atomic mass is 32.2. The highest BCUT2D eigenvalue weighted by molar-refractivity contribution is 7.91. The molecule has 3 heterocycles. The summed E-state index contributed by atoms with van der Waals surface area (Å²) in [6, 6.07) is 8.00. The zero-order valence-corrected chi connectivity index (χ0v) is 20.2. The van der Waals surface area contributed by atoms with Crippen LogP contribution in [0, 0.1) is 5.82 Å². The average Bonchev–Trinajstić information content (AvgIpc) is 3.29. The number of carbonyl (C=O) groups is 1. The molecule has 0 aliphatic carbocycles. The van der Waals surface area contributed by atoms with Crippen molar-refractivity contribution >= 4 is 37.3 Å². The molecular formula is C20H24FN3O6S3. The standard InChI is InChI=1S/C20H24FN3O6S3/c21-16-2-1-3-18(14-16)32(26,27)23-8-6-22(7-9-23)19(25)15-17-4-5-20(31-17)33(28,29)24-10-12-30-13-11-24/h1-5,14H,6-13,15H2. The SMILES string of the molecule is O=C(Cc1ccc(S(=O)(=O)N2CCOCC2)s1)N1CCN(S(=O)(=O)c2cccc(F)c2)CC1. The van der Waals surface area contributed by atoms with Gasteiger partial charge in [0.2, 0.25) is 15.9 Å². The van der Waals surface area contributed by atoms with E-state index in [0.717, 1.165) is 17.4 Å². The van der Waals surface area contributed by atoms with Crippen molar-refractivity contribution in [2.45, 2.75) is 15.5 Å². The van der Waals surface area contributed by atoms with Crippen molar-refractivity contribution in [1.29, 1.82) is 0 Å². The molecule has 2 saturated heterocycles. The third-order valence-corrected chi connectivity index (χ3v) is 10.9. The predicted octanol–water partition coefficient (Wildman–Crippen LogP) is 0.984. The molecule has 2 aromatic rings. The Morgan fingerprint density at radius 2 is 1.58 bits per heavy atom. The van der Waals surface area contributed by atoms with E-state index in [0.29, 0.717) is 31.2 Å². The van der Waals surface area contributed by atoms with Crippen LogP contribution in [0.2, 0.25) is 0 Å². The van der Waals surface area contributed by atoms with Gasteiger partial charge in [0.15, 0.2) is 0 Å². The van der Waals surface area contributed by atoms with Crippen LogP contribution in [-0.4, -0.2) is 88.7 Å². The quantitative estimate of drug-likeness (QED) is 0.566. The number of thiophene rings is 1. The first kappa shape index (κ1) is 24.2. The minimum absolute atomic E-state index is 0.0416. The van der Waals surface area contributed by atoms with Gasteiger partial charge in [-0.3, -0.25) is 4.79 Å². The zero-order chi connectivity index (χ0) is 23.6. The lowest BCUT2D eigenvalue weighted by Gasteiger charge is -2.34. The molecule has 4 rings (SSSR count). The van der Waals surface area contributed by atoms with E-state index in [4.69, 9.17) is 4.74 Å². The van der Waals surface area contributed by atoms with Gasteiger partial charge in [-0.2, -0.15) is 8.61 Å². The molecule has 33 heavy (non-hydrogen) atoms. The van der Waals surface area contributed by atoms with E-state index in [1.807, 2.05) is 0 Å². The molecule has 0 saturated carbocycles. The van der Waals surface area contributed by atoms with Crippen LogP contribution >= 0.6 is 11.3 Å². The largest absolute Gasteiger partial charge is 0.379 e. The van der Waals surface area contributed by atoms with Gasteiger partial charge in [0, 0.05) is 44.1 Å². The second-order valence-corrected chi connectivity index (χ2v) is 12.9. The first-order chi connectivity index (χ1) is 15.7. The third kappa shape index (κ3) is 5.28. The average molecular weight is 518 g/mol. The topological polar surface area (TPSA) is 104 Å². The maximum Gasteiger partial charge on any atom is 0.252 e. The number of morpholine rings is 1. The van der Waals surface area contributed by atoms with Crippen LogP contribution in [-0.2, 0) is 36.0 Å². The highest BCUT2D eigenvalue weighted by Crippen LogP contribution is 2.26. The van der Waals surface area contributed by atoms with Gasteiger partial charge < -0.3 is 9.64 Å². The number of benzene rings is 1. The summed E-state index contributed by atoms with van der Waals surface area (Å²) in [6.07, 6.45) is 0.0416. The summed E-state index contributed by atoms with van der Waals surface area (Å²) in [5.74, 6) is -0.828. The summed E-state index contributed by atoms with van der Waals surface area (Å²) in [6.45, 7) is 1.94. The summed E-state index contributed by atoms with van der Waals surface area (Å²) < 4.78 is 72.4. The van der Waals surface area contributed by atoms with Crippen LogP contribution in [0.15, 0.2) is 45.5 Å². The Hall–Kier alpha value is -1.90. The summed E-state index contributed by atoms with van der Waals surface area (Å²) in [4.78, 5) is 14.8. The van der Waals surface area contributed by atoms with Gasteiger partial charge in [-0.05, 0) is 30.3 Å². The Morgan fingerprint density at radius 3 is 2.24 bits per heavy atom. The molecule has 1 amide bonds. The van der Waals surface area contributed by atoms with E-state index in [9.17, 15) is 26.0 Å². The predicted molar refractivity (Wildman–Crippen MR) is 119 cm³/mol. The number of sulfonamides is 2. The molecule has 9 nitrogen and oxygen atoms in total. The minimum Gasteiger partial charge on any atom is -0.379 e. The molecule has 1 aromatic heterocycles. The van der Waals surface area contributed by atoms with E-state index >= 15 is 0 Å². The van der Waals surface area contributed by atoms with E-state index in [2.05, 4.69) is 0 Å². The van der Waals surface area contributed by atoms with Crippen molar-refractivity contribution in [2.75, 3.05) is 52.5 Å². The Bertz CT molecular complexity index is 1220. The van der Waals surface area contributed by atoms with Crippen molar-refractivity contribution < 1.29 is 30.8 Å². The van der Waals surface area contributed by atoms with E-state index in [1.54, 1.807) is 11.0 Å². The second kappa shape index (κ2) is 9.76. The fraction of sp³-hybridized carbons (Fsp3) is 0.450. The van der Waals surface area contributed by atoms with Crippen molar-refractivity contribution in [3.63, 3.8) is 0 Å². The van der Waals surface area contributed by atoms with Crippen LogP contribution in [0.3, 0.4) is 0 Å². The highest BCUT2D eigenvalue weighted by Gasteiger charge is 2.31. The van der Waals surface area contributed by atoms with Gasteiger partial charge in [-0.15, -0.1) is 11.3 Å². The number of carbonyl (C=O) groups excluding carboxylic acids is 1. The van der Waals surface area contributed by atoms with Gasteiger partial charge in [0.25, 0.3) is 10.0 Å². The van der Waals surface area contributed by atoms with Gasteiger partial charge >= 0.3 is 0 Å². The molecule has 0 atom stereocenters. The first-order valence-electron chi connectivity index (χ1n) is 10.4. The number of hydrogen-bond acceptors (Lipinski definition) is 7. The van der Waals surface area contributed by atoms with Crippen LogP contribution in [0.5, 0.6) is 0 Å².